The molecule has 0 spiro atoms. The van der Waals surface area contributed by atoms with Crippen molar-refractivity contribution in [2.75, 3.05) is 13.1 Å². The molecule has 1 fully saturated rings. The molecule has 0 aliphatic carbocycles. The van der Waals surface area contributed by atoms with Crippen LogP contribution in [0.15, 0.2) is 95.9 Å². The van der Waals surface area contributed by atoms with Crippen LogP contribution in [-0.2, 0) is 12.8 Å². The second kappa shape index (κ2) is 11.4. The Morgan fingerprint density at radius 2 is 1.85 bits per heavy atom. The molecular formula is C31H28BrN5O2. The van der Waals surface area contributed by atoms with E-state index < -0.39 is 0 Å². The van der Waals surface area contributed by atoms with Crippen LogP contribution in [0.1, 0.15) is 46.1 Å². The van der Waals surface area contributed by atoms with Crippen LogP contribution in [0, 0.1) is 0 Å². The number of halogens is 1. The summed E-state index contributed by atoms with van der Waals surface area (Å²) in [6, 6.07) is 23.2. The number of aryl methyl sites for hydroxylation is 2. The quantitative estimate of drug-likeness (QED) is 0.220. The maximum absolute atomic E-state index is 13.6. The Morgan fingerprint density at radius 1 is 0.974 bits per heavy atom. The van der Waals surface area contributed by atoms with Crippen molar-refractivity contribution >= 4 is 27.5 Å². The highest BCUT2D eigenvalue weighted by molar-refractivity contribution is 9.10. The lowest BCUT2D eigenvalue weighted by atomic mass is 9.93. The number of hydrogen-bond donors (Lipinski definition) is 0. The van der Waals surface area contributed by atoms with Crippen molar-refractivity contribution in [3.8, 4) is 11.5 Å². The molecule has 0 radical (unpaired) electrons. The molecule has 39 heavy (non-hydrogen) atoms. The van der Waals surface area contributed by atoms with Gasteiger partial charge >= 0.3 is 0 Å². The zero-order valence-electron chi connectivity index (χ0n) is 21.4. The topological polar surface area (TPSA) is 72.6 Å². The Hall–Kier alpha value is -4.04. The van der Waals surface area contributed by atoms with Gasteiger partial charge in [0.15, 0.2) is 5.65 Å². The summed E-state index contributed by atoms with van der Waals surface area (Å²) in [4.78, 5) is 24.7. The fourth-order valence-electron chi connectivity index (χ4n) is 5.13. The third-order valence-corrected chi connectivity index (χ3v) is 7.66. The molecule has 8 heteroatoms. The smallest absolute Gasteiger partial charge is 0.254 e. The van der Waals surface area contributed by atoms with E-state index in [1.54, 1.807) is 12.4 Å². The van der Waals surface area contributed by atoms with Gasteiger partial charge in [-0.25, -0.2) is 9.50 Å². The molecule has 7 nitrogen and oxygen atoms in total. The molecule has 1 saturated heterocycles. The number of aromatic nitrogens is 4. The summed E-state index contributed by atoms with van der Waals surface area (Å²) in [6.45, 7) is 1.35. The van der Waals surface area contributed by atoms with E-state index in [0.29, 0.717) is 17.9 Å². The number of amides is 1. The second-order valence-corrected chi connectivity index (χ2v) is 10.6. The van der Waals surface area contributed by atoms with Gasteiger partial charge in [0.25, 0.3) is 5.91 Å². The molecule has 0 bridgehead atoms. The number of nitrogens with zero attached hydrogens (tertiary/aromatic N) is 5. The first-order chi connectivity index (χ1) is 19.1. The highest BCUT2D eigenvalue weighted by Crippen LogP contribution is 2.30. The Morgan fingerprint density at radius 3 is 2.69 bits per heavy atom. The van der Waals surface area contributed by atoms with Crippen molar-refractivity contribution in [2.45, 2.75) is 31.6 Å². The first-order valence-electron chi connectivity index (χ1n) is 13.2. The van der Waals surface area contributed by atoms with Gasteiger partial charge in [-0.1, -0.05) is 30.3 Å². The molecule has 0 N–H and O–H groups in total. The molecule has 6 rings (SSSR count). The first-order valence-corrected chi connectivity index (χ1v) is 14.0. The summed E-state index contributed by atoms with van der Waals surface area (Å²) >= 11 is 3.62. The maximum Gasteiger partial charge on any atom is 0.254 e. The molecule has 1 aliphatic rings. The number of carbonyl (C=O) groups excluding carboxylic acids is 1. The summed E-state index contributed by atoms with van der Waals surface area (Å²) in [5.41, 5.74) is 4.72. The van der Waals surface area contributed by atoms with Gasteiger partial charge in [-0.2, -0.15) is 5.10 Å². The number of carbonyl (C=O) groups is 1. The van der Waals surface area contributed by atoms with E-state index in [9.17, 15) is 4.79 Å². The SMILES string of the molecule is O=C(c1cccc(Oc2ccccc2)c1)N1CCCC(c2cc(CCc3cccnc3)n3ncc(Br)c3n2)C1. The van der Waals surface area contributed by atoms with Gasteiger partial charge < -0.3 is 9.64 Å². The van der Waals surface area contributed by atoms with E-state index in [1.807, 2.05) is 76.3 Å². The van der Waals surface area contributed by atoms with Crippen LogP contribution in [0.4, 0.5) is 0 Å². The van der Waals surface area contributed by atoms with Crippen molar-refractivity contribution in [3.05, 3.63) is 118 Å². The number of likely N-dealkylation sites (tertiary alicyclic amines) is 1. The molecule has 5 aromatic rings. The van der Waals surface area contributed by atoms with Crippen LogP contribution < -0.4 is 4.74 Å². The predicted octanol–water partition coefficient (Wildman–Crippen LogP) is 6.48. The Balaban J connectivity index is 1.21. The fourth-order valence-corrected chi connectivity index (χ4v) is 5.48. The number of fused-ring (bicyclic) bond motifs is 1. The third kappa shape index (κ3) is 5.71. The van der Waals surface area contributed by atoms with Gasteiger partial charge in [0.2, 0.25) is 0 Å². The van der Waals surface area contributed by atoms with Gasteiger partial charge in [-0.15, -0.1) is 0 Å². The molecule has 1 unspecified atom stereocenters. The standard InChI is InChI=1S/C31H28BrN5O2/c32-28-20-34-37-25(14-13-22-7-5-15-33-19-22)18-29(35-30(28)37)24-9-6-16-36(21-24)31(38)23-8-4-12-27(17-23)39-26-10-2-1-3-11-26/h1-5,7-8,10-12,15,17-20,24H,6,9,13-14,16,21H2. The summed E-state index contributed by atoms with van der Waals surface area (Å²) in [5.74, 6) is 1.56. The number of pyridine rings is 1. The van der Waals surface area contributed by atoms with Crippen LogP contribution in [0.5, 0.6) is 11.5 Å². The van der Waals surface area contributed by atoms with E-state index in [4.69, 9.17) is 9.72 Å². The van der Waals surface area contributed by atoms with E-state index in [-0.39, 0.29) is 11.8 Å². The van der Waals surface area contributed by atoms with E-state index in [1.165, 1.54) is 5.56 Å². The van der Waals surface area contributed by atoms with Gasteiger partial charge in [0, 0.05) is 48.4 Å². The maximum atomic E-state index is 13.6. The van der Waals surface area contributed by atoms with Crippen LogP contribution in [0.3, 0.4) is 0 Å². The van der Waals surface area contributed by atoms with Crippen LogP contribution in [0.2, 0.25) is 0 Å². The van der Waals surface area contributed by atoms with Gasteiger partial charge in [-0.05, 0) is 89.6 Å². The molecule has 196 valence electrons. The molecule has 3 aromatic heterocycles. The number of para-hydroxylation sites is 1. The van der Waals surface area contributed by atoms with E-state index in [2.05, 4.69) is 38.1 Å². The van der Waals surface area contributed by atoms with Crippen molar-refractivity contribution in [1.29, 1.82) is 0 Å². The predicted molar refractivity (Wildman–Crippen MR) is 153 cm³/mol. The highest BCUT2D eigenvalue weighted by atomic mass is 79.9. The Kier molecular flexibility index (Phi) is 7.36. The lowest BCUT2D eigenvalue weighted by Gasteiger charge is -2.33. The van der Waals surface area contributed by atoms with Crippen molar-refractivity contribution in [1.82, 2.24) is 24.5 Å². The van der Waals surface area contributed by atoms with E-state index >= 15 is 0 Å². The molecule has 2 aromatic carbocycles. The lowest BCUT2D eigenvalue weighted by molar-refractivity contribution is 0.0705. The molecule has 1 amide bonds. The number of benzene rings is 2. The summed E-state index contributed by atoms with van der Waals surface area (Å²) in [7, 11) is 0. The summed E-state index contributed by atoms with van der Waals surface area (Å²) in [6.07, 6.45) is 9.08. The minimum Gasteiger partial charge on any atom is -0.457 e. The zero-order chi connectivity index (χ0) is 26.6. The molecule has 4 heterocycles. The number of piperidine rings is 1. The lowest BCUT2D eigenvalue weighted by Crippen LogP contribution is -2.39. The first kappa shape index (κ1) is 25.2. The largest absolute Gasteiger partial charge is 0.457 e. The van der Waals surface area contributed by atoms with E-state index in [0.717, 1.165) is 59.5 Å². The highest BCUT2D eigenvalue weighted by Gasteiger charge is 2.27. The number of ether oxygens (including phenoxy) is 1. The summed E-state index contributed by atoms with van der Waals surface area (Å²) in [5, 5.41) is 4.55. The minimum atomic E-state index is 0.0154. The number of rotatable bonds is 7. The van der Waals surface area contributed by atoms with Crippen molar-refractivity contribution in [3.63, 3.8) is 0 Å². The van der Waals surface area contributed by atoms with Crippen molar-refractivity contribution < 1.29 is 9.53 Å². The van der Waals surface area contributed by atoms with Crippen molar-refractivity contribution in [2.24, 2.45) is 0 Å². The minimum absolute atomic E-state index is 0.0154. The van der Waals surface area contributed by atoms with Crippen LogP contribution >= 0.6 is 15.9 Å². The monoisotopic (exact) mass is 581 g/mol. The van der Waals surface area contributed by atoms with Gasteiger partial charge in [0.05, 0.1) is 10.7 Å². The third-order valence-electron chi connectivity index (χ3n) is 7.10. The zero-order valence-corrected chi connectivity index (χ0v) is 23.0. The van der Waals surface area contributed by atoms with Gasteiger partial charge in [0.1, 0.15) is 11.5 Å². The molecule has 1 aliphatic heterocycles. The van der Waals surface area contributed by atoms with Crippen LogP contribution in [0.25, 0.3) is 5.65 Å². The van der Waals surface area contributed by atoms with Crippen LogP contribution in [-0.4, -0.2) is 43.5 Å². The molecule has 1 atom stereocenters. The number of hydrogen-bond acceptors (Lipinski definition) is 5. The Bertz CT molecular complexity index is 1590. The second-order valence-electron chi connectivity index (χ2n) is 9.79. The average molecular weight is 583 g/mol. The average Bonchev–Trinajstić information content (AvgIpc) is 3.37. The summed E-state index contributed by atoms with van der Waals surface area (Å²) < 4.78 is 8.74. The fraction of sp³-hybridized carbons (Fsp3) is 0.226. The normalized spacial score (nSPS) is 15.4. The molecular weight excluding hydrogens is 554 g/mol. The Labute approximate surface area is 235 Å². The van der Waals surface area contributed by atoms with Gasteiger partial charge in [-0.3, -0.25) is 9.78 Å². The molecule has 0 saturated carbocycles.